The minimum absolute atomic E-state index is 0.780. The van der Waals surface area contributed by atoms with E-state index < -0.39 is 0 Å². The molecule has 9 rings (SSSR count). The molecule has 0 unspecified atom stereocenters. The van der Waals surface area contributed by atoms with Gasteiger partial charge in [-0.1, -0.05) is 152 Å². The molecular formula is C54H42N2. The predicted molar refractivity (Wildman–Crippen MR) is 242 cm³/mol. The molecule has 0 spiro atoms. The Labute approximate surface area is 329 Å². The molecule has 0 saturated carbocycles. The summed E-state index contributed by atoms with van der Waals surface area (Å²) >= 11 is 0. The maximum atomic E-state index is 2.41. The highest BCUT2D eigenvalue weighted by molar-refractivity contribution is 6.23. The number of anilines is 5. The standard InChI is InChI=1S/C54H42N2/c1-2-3-4-18-37-55(42-19-8-5-9-20-42)43-33-29-40(30-34-43)51-38-53-50-28-17-15-26-48(50)52(39-54(53)49-27-16-14-25-47(49)51)41-31-35-46(36-32-41)56(44-21-10-6-11-22-44)45-23-12-7-13-24-45/h2-36,38-39H,37H2,1H3/b3-2-,18-4-. The van der Waals surface area contributed by atoms with Gasteiger partial charge < -0.3 is 9.80 Å². The molecule has 0 radical (unpaired) electrons. The molecule has 2 heteroatoms. The summed E-state index contributed by atoms with van der Waals surface area (Å²) in [5.74, 6) is 0. The lowest BCUT2D eigenvalue weighted by molar-refractivity contribution is 1.10. The lowest BCUT2D eigenvalue weighted by Crippen LogP contribution is -2.16. The summed E-state index contributed by atoms with van der Waals surface area (Å²) < 4.78 is 0. The SMILES string of the molecule is C/C=C\C=C/CN(c1ccccc1)c1ccc(-c2cc3c4ccccc4c(-c4ccc(N(c5ccccc5)c5ccccc5)cc4)cc3c3ccccc23)cc1. The normalized spacial score (nSPS) is 11.6. The zero-order chi connectivity index (χ0) is 37.7. The first-order chi connectivity index (χ1) is 27.8. The molecule has 2 nitrogen and oxygen atoms in total. The fourth-order valence-electron chi connectivity index (χ4n) is 7.96. The number of hydrogen-bond acceptors (Lipinski definition) is 2. The van der Waals surface area contributed by atoms with E-state index in [1.165, 1.54) is 60.3 Å². The molecule has 0 saturated heterocycles. The summed E-state index contributed by atoms with van der Waals surface area (Å²) in [5, 5.41) is 7.53. The molecule has 0 bridgehead atoms. The Kier molecular flexibility index (Phi) is 9.68. The number of rotatable bonds is 10. The van der Waals surface area contributed by atoms with Crippen LogP contribution in [0.15, 0.2) is 224 Å². The van der Waals surface area contributed by atoms with Gasteiger partial charge in [-0.05, 0) is 134 Å². The molecule has 0 aliphatic rings. The molecule has 0 aliphatic carbocycles. The molecule has 56 heavy (non-hydrogen) atoms. The second-order valence-corrected chi connectivity index (χ2v) is 14.0. The zero-order valence-corrected chi connectivity index (χ0v) is 31.5. The summed E-state index contributed by atoms with van der Waals surface area (Å²) in [6.45, 7) is 2.82. The van der Waals surface area contributed by atoms with Gasteiger partial charge in [-0.3, -0.25) is 0 Å². The topological polar surface area (TPSA) is 6.48 Å². The van der Waals surface area contributed by atoms with Crippen LogP contribution in [0.5, 0.6) is 0 Å². The van der Waals surface area contributed by atoms with Crippen LogP contribution in [0.25, 0.3) is 54.6 Å². The van der Waals surface area contributed by atoms with Gasteiger partial charge in [0.1, 0.15) is 0 Å². The maximum Gasteiger partial charge on any atom is 0.0462 e. The average molecular weight is 719 g/mol. The molecule has 0 aromatic heterocycles. The molecule has 0 heterocycles. The van der Waals surface area contributed by atoms with Crippen molar-refractivity contribution in [3.63, 3.8) is 0 Å². The highest BCUT2D eigenvalue weighted by Gasteiger charge is 2.17. The summed E-state index contributed by atoms with van der Waals surface area (Å²) in [7, 11) is 0. The third kappa shape index (κ3) is 6.74. The molecule has 0 aliphatic heterocycles. The Morgan fingerprint density at radius 3 is 1.20 bits per heavy atom. The smallest absolute Gasteiger partial charge is 0.0462 e. The van der Waals surface area contributed by atoms with Gasteiger partial charge in [-0.15, -0.1) is 0 Å². The quantitative estimate of drug-likeness (QED) is 0.103. The van der Waals surface area contributed by atoms with Gasteiger partial charge in [0.05, 0.1) is 0 Å². The fraction of sp³-hybridized carbons (Fsp3) is 0.0370. The van der Waals surface area contributed by atoms with Crippen molar-refractivity contribution in [2.24, 2.45) is 0 Å². The van der Waals surface area contributed by atoms with Crippen LogP contribution in [-0.4, -0.2) is 6.54 Å². The first-order valence-corrected chi connectivity index (χ1v) is 19.4. The molecule has 0 N–H and O–H groups in total. The van der Waals surface area contributed by atoms with E-state index in [0.29, 0.717) is 0 Å². The van der Waals surface area contributed by atoms with Crippen LogP contribution < -0.4 is 9.80 Å². The Hall–Kier alpha value is -7.16. The molecule has 0 atom stereocenters. The highest BCUT2D eigenvalue weighted by Crippen LogP contribution is 2.43. The number of allylic oxidation sites excluding steroid dienone is 3. The lowest BCUT2D eigenvalue weighted by atomic mass is 9.87. The maximum absolute atomic E-state index is 2.41. The largest absolute Gasteiger partial charge is 0.338 e. The van der Waals surface area contributed by atoms with Crippen LogP contribution in [0.3, 0.4) is 0 Å². The van der Waals surface area contributed by atoms with E-state index in [-0.39, 0.29) is 0 Å². The third-order valence-electron chi connectivity index (χ3n) is 10.6. The minimum Gasteiger partial charge on any atom is -0.338 e. The summed E-state index contributed by atoms with van der Waals surface area (Å²) in [4.78, 5) is 4.66. The average Bonchev–Trinajstić information content (AvgIpc) is 3.27. The monoisotopic (exact) mass is 718 g/mol. The molecule has 0 fully saturated rings. The molecule has 9 aromatic carbocycles. The van der Waals surface area contributed by atoms with Crippen LogP contribution in [0.1, 0.15) is 6.92 Å². The first kappa shape index (κ1) is 34.6. The van der Waals surface area contributed by atoms with Crippen molar-refractivity contribution in [1.29, 1.82) is 0 Å². The molecular weight excluding hydrogens is 677 g/mol. The van der Waals surface area contributed by atoms with E-state index >= 15 is 0 Å². The number of hydrogen-bond donors (Lipinski definition) is 0. The molecule has 9 aromatic rings. The Morgan fingerprint density at radius 1 is 0.357 bits per heavy atom. The minimum atomic E-state index is 0.780. The van der Waals surface area contributed by atoms with Crippen LogP contribution in [0.2, 0.25) is 0 Å². The van der Waals surface area contributed by atoms with Crippen LogP contribution in [-0.2, 0) is 0 Å². The van der Waals surface area contributed by atoms with Gasteiger partial charge >= 0.3 is 0 Å². The lowest BCUT2D eigenvalue weighted by Gasteiger charge is -2.25. The van der Waals surface area contributed by atoms with Gasteiger partial charge in [-0.2, -0.15) is 0 Å². The summed E-state index contributed by atoms with van der Waals surface area (Å²) in [6, 6.07) is 72.5. The van der Waals surface area contributed by atoms with Gasteiger partial charge in [0, 0.05) is 35.0 Å². The van der Waals surface area contributed by atoms with E-state index in [0.717, 1.165) is 29.3 Å². The molecule has 268 valence electrons. The van der Waals surface area contributed by atoms with Crippen molar-refractivity contribution >= 4 is 60.8 Å². The summed E-state index contributed by atoms with van der Waals surface area (Å²) in [6.07, 6.45) is 8.45. The number of para-hydroxylation sites is 3. The van der Waals surface area contributed by atoms with Gasteiger partial charge in [-0.25, -0.2) is 0 Å². The van der Waals surface area contributed by atoms with Crippen molar-refractivity contribution in [3.8, 4) is 22.3 Å². The van der Waals surface area contributed by atoms with Crippen LogP contribution >= 0.6 is 0 Å². The second-order valence-electron chi connectivity index (χ2n) is 14.0. The summed E-state index contributed by atoms with van der Waals surface area (Å²) in [5.41, 5.74) is 10.6. The number of benzene rings is 9. The van der Waals surface area contributed by atoms with Gasteiger partial charge in [0.2, 0.25) is 0 Å². The first-order valence-electron chi connectivity index (χ1n) is 19.4. The highest BCUT2D eigenvalue weighted by atomic mass is 15.1. The van der Waals surface area contributed by atoms with Crippen LogP contribution in [0.4, 0.5) is 28.4 Å². The van der Waals surface area contributed by atoms with Crippen LogP contribution in [0, 0.1) is 0 Å². The fourth-order valence-corrected chi connectivity index (χ4v) is 7.96. The predicted octanol–water partition coefficient (Wildman–Crippen LogP) is 15.2. The molecule has 0 amide bonds. The van der Waals surface area contributed by atoms with E-state index in [4.69, 9.17) is 0 Å². The van der Waals surface area contributed by atoms with E-state index in [2.05, 4.69) is 234 Å². The second kappa shape index (κ2) is 15.7. The van der Waals surface area contributed by atoms with Gasteiger partial charge in [0.25, 0.3) is 0 Å². The number of nitrogens with zero attached hydrogens (tertiary/aromatic N) is 2. The Bertz CT molecular complexity index is 2760. The van der Waals surface area contributed by atoms with Crippen molar-refractivity contribution in [3.05, 3.63) is 224 Å². The van der Waals surface area contributed by atoms with Crippen molar-refractivity contribution in [2.75, 3.05) is 16.3 Å². The van der Waals surface area contributed by atoms with E-state index in [9.17, 15) is 0 Å². The number of fused-ring (bicyclic) bond motifs is 5. The third-order valence-corrected chi connectivity index (χ3v) is 10.6. The Morgan fingerprint density at radius 2 is 0.732 bits per heavy atom. The van der Waals surface area contributed by atoms with Crippen molar-refractivity contribution < 1.29 is 0 Å². The van der Waals surface area contributed by atoms with Crippen molar-refractivity contribution in [2.45, 2.75) is 6.92 Å². The zero-order valence-electron chi connectivity index (χ0n) is 31.5. The van der Waals surface area contributed by atoms with E-state index in [1.807, 2.05) is 6.92 Å². The van der Waals surface area contributed by atoms with Crippen molar-refractivity contribution in [1.82, 2.24) is 0 Å². The Balaban J connectivity index is 1.14. The van der Waals surface area contributed by atoms with E-state index in [1.54, 1.807) is 0 Å². The van der Waals surface area contributed by atoms with Gasteiger partial charge in [0.15, 0.2) is 0 Å².